The van der Waals surface area contributed by atoms with Crippen LogP contribution in [0, 0.1) is 5.92 Å². The zero-order valence-corrected chi connectivity index (χ0v) is 15.6. The molecular formula is C18H20N2O6S. The minimum Gasteiger partial charge on any atom is -0.493 e. The molecule has 1 atom stereocenters. The molecule has 1 aliphatic heterocycles. The Labute approximate surface area is 156 Å². The van der Waals surface area contributed by atoms with Gasteiger partial charge in [-0.15, -0.1) is 0 Å². The van der Waals surface area contributed by atoms with Crippen LogP contribution in [0.1, 0.15) is 6.42 Å². The number of amides is 1. The van der Waals surface area contributed by atoms with Crippen LogP contribution in [-0.4, -0.2) is 55.0 Å². The Kier molecular flexibility index (Phi) is 5.22. The van der Waals surface area contributed by atoms with Crippen LogP contribution in [0.5, 0.6) is 5.75 Å². The van der Waals surface area contributed by atoms with E-state index in [0.29, 0.717) is 31.1 Å². The van der Waals surface area contributed by atoms with Crippen molar-refractivity contribution in [1.29, 1.82) is 0 Å². The average Bonchev–Trinajstić information content (AvgIpc) is 3.09. The first-order chi connectivity index (χ1) is 12.7. The summed E-state index contributed by atoms with van der Waals surface area (Å²) in [7, 11) is -3.29. The molecule has 1 N–H and O–H groups in total. The van der Waals surface area contributed by atoms with Crippen LogP contribution in [0.4, 0.5) is 4.79 Å². The van der Waals surface area contributed by atoms with Gasteiger partial charge in [-0.1, -0.05) is 0 Å². The van der Waals surface area contributed by atoms with Crippen molar-refractivity contribution in [2.24, 2.45) is 5.92 Å². The molecule has 1 aromatic heterocycles. The molecule has 1 amide bonds. The lowest BCUT2D eigenvalue weighted by Gasteiger charge is -2.14. The van der Waals surface area contributed by atoms with Crippen LogP contribution in [0.15, 0.2) is 52.3 Å². The lowest BCUT2D eigenvalue weighted by Crippen LogP contribution is -2.27. The Morgan fingerprint density at radius 3 is 2.52 bits per heavy atom. The summed E-state index contributed by atoms with van der Waals surface area (Å²) in [6, 6.07) is 9.05. The Morgan fingerprint density at radius 2 is 1.96 bits per heavy atom. The Bertz CT molecular complexity index is 997. The molecule has 0 spiro atoms. The number of hydrogen-bond acceptors (Lipinski definition) is 5. The number of benzene rings is 1. The molecule has 2 aromatic rings. The fraction of sp³-hybridized carbons (Fsp3) is 0.333. The highest BCUT2D eigenvalue weighted by Gasteiger charge is 2.26. The third kappa shape index (κ3) is 4.48. The first-order valence-corrected chi connectivity index (χ1v) is 10.3. The van der Waals surface area contributed by atoms with Crippen molar-refractivity contribution in [2.75, 3.05) is 26.0 Å². The summed E-state index contributed by atoms with van der Waals surface area (Å²) in [4.78, 5) is 24.8. The fourth-order valence-corrected chi connectivity index (χ4v) is 3.60. The van der Waals surface area contributed by atoms with E-state index in [1.165, 1.54) is 27.7 Å². The maximum atomic E-state index is 12.3. The van der Waals surface area contributed by atoms with E-state index in [1.54, 1.807) is 24.4 Å². The van der Waals surface area contributed by atoms with Crippen molar-refractivity contribution in [3.63, 3.8) is 0 Å². The van der Waals surface area contributed by atoms with Gasteiger partial charge in [0, 0.05) is 43.2 Å². The van der Waals surface area contributed by atoms with Crippen LogP contribution in [0.3, 0.4) is 0 Å². The second kappa shape index (κ2) is 7.43. The number of aromatic nitrogens is 1. The maximum Gasteiger partial charge on any atom is 0.407 e. The SMILES string of the molecule is CS(=O)(=O)c1ccc(-n2ccc(OCC3CCN(C(=O)O)C3)cc2=O)cc1. The minimum atomic E-state index is -3.29. The molecule has 0 aliphatic carbocycles. The molecule has 27 heavy (non-hydrogen) atoms. The number of likely N-dealkylation sites (tertiary alicyclic amines) is 1. The summed E-state index contributed by atoms with van der Waals surface area (Å²) in [5.74, 6) is 0.518. The molecule has 8 nitrogen and oxygen atoms in total. The molecule has 1 aromatic carbocycles. The summed E-state index contributed by atoms with van der Waals surface area (Å²) in [5, 5.41) is 8.96. The van der Waals surface area contributed by atoms with Crippen molar-refractivity contribution < 1.29 is 23.1 Å². The summed E-state index contributed by atoms with van der Waals surface area (Å²) in [6.45, 7) is 1.27. The highest BCUT2D eigenvalue weighted by atomic mass is 32.2. The monoisotopic (exact) mass is 392 g/mol. The fourth-order valence-electron chi connectivity index (χ4n) is 2.97. The third-order valence-corrected chi connectivity index (χ3v) is 5.60. The van der Waals surface area contributed by atoms with Crippen LogP contribution in [0.2, 0.25) is 0 Å². The number of sulfone groups is 1. The van der Waals surface area contributed by atoms with Gasteiger partial charge in [0.05, 0.1) is 11.5 Å². The Balaban J connectivity index is 1.67. The van der Waals surface area contributed by atoms with E-state index in [-0.39, 0.29) is 16.4 Å². The average molecular weight is 392 g/mol. The molecule has 1 saturated heterocycles. The summed E-state index contributed by atoms with van der Waals surface area (Å²) in [5.41, 5.74) is 0.241. The molecule has 0 bridgehead atoms. The summed E-state index contributed by atoms with van der Waals surface area (Å²) >= 11 is 0. The van der Waals surface area contributed by atoms with E-state index in [2.05, 4.69) is 0 Å². The molecule has 0 saturated carbocycles. The maximum absolute atomic E-state index is 12.3. The zero-order chi connectivity index (χ0) is 19.6. The zero-order valence-electron chi connectivity index (χ0n) is 14.7. The molecule has 1 fully saturated rings. The van der Waals surface area contributed by atoms with Crippen LogP contribution < -0.4 is 10.3 Å². The minimum absolute atomic E-state index is 0.104. The number of carbonyl (C=O) groups is 1. The van der Waals surface area contributed by atoms with Crippen molar-refractivity contribution >= 4 is 15.9 Å². The molecule has 0 radical (unpaired) electrons. The standard InChI is InChI=1S/C18H20N2O6S/c1-27(24,25)16-4-2-14(3-5-16)20-9-7-15(10-17(20)21)26-12-13-6-8-19(11-13)18(22)23/h2-5,7,9-10,13H,6,8,11-12H2,1H3,(H,22,23). The molecule has 3 rings (SSSR count). The van der Waals surface area contributed by atoms with Crippen LogP contribution in [0.25, 0.3) is 5.69 Å². The van der Waals surface area contributed by atoms with Crippen molar-refractivity contribution in [3.05, 3.63) is 52.9 Å². The van der Waals surface area contributed by atoms with Gasteiger partial charge in [0.25, 0.3) is 5.56 Å². The Hall–Kier alpha value is -2.81. The van der Waals surface area contributed by atoms with E-state index in [9.17, 15) is 18.0 Å². The van der Waals surface area contributed by atoms with Gasteiger partial charge in [-0.05, 0) is 36.8 Å². The molecule has 2 heterocycles. The lowest BCUT2D eigenvalue weighted by molar-refractivity contribution is 0.151. The summed E-state index contributed by atoms with van der Waals surface area (Å²) in [6.07, 6.45) is 2.49. The molecule has 1 unspecified atom stereocenters. The van der Waals surface area contributed by atoms with Crippen LogP contribution >= 0.6 is 0 Å². The van der Waals surface area contributed by atoms with Gasteiger partial charge in [0.2, 0.25) is 0 Å². The van der Waals surface area contributed by atoms with Crippen LogP contribution in [-0.2, 0) is 9.84 Å². The normalized spacial score (nSPS) is 17.1. The molecular weight excluding hydrogens is 372 g/mol. The smallest absolute Gasteiger partial charge is 0.407 e. The third-order valence-electron chi connectivity index (χ3n) is 4.48. The largest absolute Gasteiger partial charge is 0.493 e. The lowest BCUT2D eigenvalue weighted by atomic mass is 10.1. The van der Waals surface area contributed by atoms with Gasteiger partial charge in [-0.25, -0.2) is 13.2 Å². The number of ether oxygens (including phenoxy) is 1. The topological polar surface area (TPSA) is 106 Å². The highest BCUT2D eigenvalue weighted by Crippen LogP contribution is 2.19. The molecule has 144 valence electrons. The van der Waals surface area contributed by atoms with Gasteiger partial charge in [0.1, 0.15) is 5.75 Å². The number of rotatable bonds is 5. The van der Waals surface area contributed by atoms with Crippen molar-refractivity contribution in [1.82, 2.24) is 9.47 Å². The number of nitrogens with zero attached hydrogens (tertiary/aromatic N) is 2. The van der Waals surface area contributed by atoms with E-state index >= 15 is 0 Å². The van der Waals surface area contributed by atoms with Gasteiger partial charge >= 0.3 is 6.09 Å². The second-order valence-corrected chi connectivity index (χ2v) is 8.55. The van der Waals surface area contributed by atoms with Gasteiger partial charge in [-0.3, -0.25) is 9.36 Å². The van der Waals surface area contributed by atoms with E-state index < -0.39 is 15.9 Å². The van der Waals surface area contributed by atoms with Gasteiger partial charge in [-0.2, -0.15) is 0 Å². The van der Waals surface area contributed by atoms with E-state index in [1.807, 2.05) is 0 Å². The second-order valence-electron chi connectivity index (χ2n) is 6.53. The van der Waals surface area contributed by atoms with Crippen molar-refractivity contribution in [3.8, 4) is 11.4 Å². The molecule has 1 aliphatic rings. The van der Waals surface area contributed by atoms with E-state index in [4.69, 9.17) is 9.84 Å². The molecule has 9 heteroatoms. The van der Waals surface area contributed by atoms with Crippen molar-refractivity contribution in [2.45, 2.75) is 11.3 Å². The number of hydrogen-bond donors (Lipinski definition) is 1. The first-order valence-electron chi connectivity index (χ1n) is 8.38. The summed E-state index contributed by atoms with van der Waals surface area (Å²) < 4.78 is 30.1. The number of pyridine rings is 1. The predicted molar refractivity (Wildman–Crippen MR) is 98.3 cm³/mol. The predicted octanol–water partition coefficient (Wildman–Crippen LogP) is 1.62. The quantitative estimate of drug-likeness (QED) is 0.829. The van der Waals surface area contributed by atoms with E-state index in [0.717, 1.165) is 12.7 Å². The number of carboxylic acid groups (broad SMARTS) is 1. The Morgan fingerprint density at radius 1 is 1.26 bits per heavy atom. The highest BCUT2D eigenvalue weighted by molar-refractivity contribution is 7.90. The van der Waals surface area contributed by atoms with Gasteiger partial charge in [0.15, 0.2) is 9.84 Å². The first kappa shape index (κ1) is 19.0. The van der Waals surface area contributed by atoms with Gasteiger partial charge < -0.3 is 14.7 Å².